The highest BCUT2D eigenvalue weighted by atomic mass is 19.1. The van der Waals surface area contributed by atoms with E-state index in [4.69, 9.17) is 4.74 Å². The Balaban J connectivity index is 1.99. The van der Waals surface area contributed by atoms with Gasteiger partial charge in [-0.25, -0.2) is 9.18 Å². The fraction of sp³-hybridized carbons (Fsp3) is 0.391. The average molecular weight is 416 g/mol. The fourth-order valence-electron chi connectivity index (χ4n) is 2.97. The van der Waals surface area contributed by atoms with Crippen molar-refractivity contribution >= 4 is 23.3 Å². The normalized spacial score (nSPS) is 10.4. The summed E-state index contributed by atoms with van der Waals surface area (Å²) < 4.78 is 18.5. The van der Waals surface area contributed by atoms with Crippen LogP contribution in [0.15, 0.2) is 48.5 Å². The SMILES string of the molecule is CCCCCCC(=O)NCCN(C(=O)Nc1cccc(OC)c1)c1ccc(F)cc1. The van der Waals surface area contributed by atoms with E-state index < -0.39 is 0 Å². The zero-order chi connectivity index (χ0) is 21.8. The maximum absolute atomic E-state index is 13.3. The first-order valence-electron chi connectivity index (χ1n) is 10.3. The largest absolute Gasteiger partial charge is 0.497 e. The van der Waals surface area contributed by atoms with Gasteiger partial charge in [0, 0.05) is 37.0 Å². The smallest absolute Gasteiger partial charge is 0.326 e. The van der Waals surface area contributed by atoms with Gasteiger partial charge in [0.15, 0.2) is 0 Å². The molecule has 0 fully saturated rings. The molecule has 0 unspecified atom stereocenters. The molecule has 0 spiro atoms. The van der Waals surface area contributed by atoms with E-state index in [1.54, 1.807) is 31.4 Å². The summed E-state index contributed by atoms with van der Waals surface area (Å²) >= 11 is 0. The molecule has 7 heteroatoms. The molecule has 0 heterocycles. The Morgan fingerprint density at radius 1 is 1.07 bits per heavy atom. The number of methoxy groups -OCH3 is 1. The zero-order valence-electron chi connectivity index (χ0n) is 17.6. The average Bonchev–Trinajstić information content (AvgIpc) is 2.75. The van der Waals surface area contributed by atoms with Gasteiger partial charge < -0.3 is 15.4 Å². The molecule has 2 aromatic rings. The number of hydrogen-bond acceptors (Lipinski definition) is 3. The van der Waals surface area contributed by atoms with Gasteiger partial charge >= 0.3 is 6.03 Å². The molecule has 0 aliphatic carbocycles. The quantitative estimate of drug-likeness (QED) is 0.510. The van der Waals surface area contributed by atoms with E-state index in [1.165, 1.54) is 29.2 Å². The first-order valence-corrected chi connectivity index (χ1v) is 10.3. The number of halogens is 1. The lowest BCUT2D eigenvalue weighted by Crippen LogP contribution is -2.41. The summed E-state index contributed by atoms with van der Waals surface area (Å²) in [6.45, 7) is 2.68. The number of hydrogen-bond donors (Lipinski definition) is 2. The Hall–Kier alpha value is -3.09. The van der Waals surface area contributed by atoms with Gasteiger partial charge in [-0.3, -0.25) is 9.69 Å². The molecule has 0 radical (unpaired) electrons. The topological polar surface area (TPSA) is 70.7 Å². The molecule has 162 valence electrons. The van der Waals surface area contributed by atoms with Crippen LogP contribution in [0.5, 0.6) is 5.75 Å². The minimum absolute atomic E-state index is 0.0293. The number of carbonyl (C=O) groups excluding carboxylic acids is 2. The summed E-state index contributed by atoms with van der Waals surface area (Å²) in [5.41, 5.74) is 1.11. The Bertz CT molecular complexity index is 812. The minimum Gasteiger partial charge on any atom is -0.497 e. The highest BCUT2D eigenvalue weighted by molar-refractivity contribution is 6.01. The molecule has 0 aliphatic rings. The van der Waals surface area contributed by atoms with Gasteiger partial charge in [0.25, 0.3) is 0 Å². The van der Waals surface area contributed by atoms with Crippen LogP contribution in [0.1, 0.15) is 39.0 Å². The van der Waals surface area contributed by atoms with Crippen LogP contribution in [0, 0.1) is 5.82 Å². The van der Waals surface area contributed by atoms with Crippen molar-refractivity contribution in [1.82, 2.24) is 5.32 Å². The standard InChI is InChI=1S/C23H30FN3O3/c1-3-4-5-6-10-22(28)25-15-16-27(20-13-11-18(24)12-14-20)23(29)26-19-8-7-9-21(17-19)30-2/h7-9,11-14,17H,3-6,10,15-16H2,1-2H3,(H,25,28)(H,26,29). The maximum atomic E-state index is 13.3. The monoisotopic (exact) mass is 415 g/mol. The van der Waals surface area contributed by atoms with Crippen molar-refractivity contribution < 1.29 is 18.7 Å². The highest BCUT2D eigenvalue weighted by Gasteiger charge is 2.16. The summed E-state index contributed by atoms with van der Waals surface area (Å²) in [5, 5.41) is 5.67. The Labute approximate surface area is 177 Å². The molecule has 0 aliphatic heterocycles. The summed E-state index contributed by atoms with van der Waals surface area (Å²) in [4.78, 5) is 26.4. The maximum Gasteiger partial charge on any atom is 0.326 e. The number of rotatable bonds is 11. The van der Waals surface area contributed by atoms with E-state index in [0.29, 0.717) is 30.1 Å². The number of urea groups is 1. The Morgan fingerprint density at radius 2 is 1.83 bits per heavy atom. The summed E-state index contributed by atoms with van der Waals surface area (Å²) in [6.07, 6.45) is 4.62. The lowest BCUT2D eigenvalue weighted by Gasteiger charge is -2.23. The van der Waals surface area contributed by atoms with Gasteiger partial charge in [0.2, 0.25) is 5.91 Å². The van der Waals surface area contributed by atoms with Crippen LogP contribution in [-0.4, -0.2) is 32.1 Å². The van der Waals surface area contributed by atoms with Crippen LogP contribution in [0.3, 0.4) is 0 Å². The van der Waals surface area contributed by atoms with Crippen LogP contribution in [0.4, 0.5) is 20.6 Å². The second-order valence-electron chi connectivity index (χ2n) is 6.95. The molecule has 2 N–H and O–H groups in total. The van der Waals surface area contributed by atoms with E-state index in [0.717, 1.165) is 25.7 Å². The minimum atomic E-state index is -0.382. The molecule has 0 aromatic heterocycles. The van der Waals surface area contributed by atoms with Gasteiger partial charge in [-0.1, -0.05) is 32.3 Å². The predicted octanol–water partition coefficient (Wildman–Crippen LogP) is 4.96. The first kappa shape index (κ1) is 23.2. The van der Waals surface area contributed by atoms with E-state index >= 15 is 0 Å². The molecule has 6 nitrogen and oxygen atoms in total. The lowest BCUT2D eigenvalue weighted by atomic mass is 10.1. The van der Waals surface area contributed by atoms with Gasteiger partial charge in [-0.15, -0.1) is 0 Å². The molecule has 2 rings (SSSR count). The number of carbonyl (C=O) groups is 2. The van der Waals surface area contributed by atoms with Gasteiger partial charge in [-0.05, 0) is 42.8 Å². The summed E-state index contributed by atoms with van der Waals surface area (Å²) in [7, 11) is 1.55. The van der Waals surface area contributed by atoms with Crippen LogP contribution < -0.4 is 20.3 Å². The van der Waals surface area contributed by atoms with Crippen molar-refractivity contribution in [2.24, 2.45) is 0 Å². The van der Waals surface area contributed by atoms with E-state index in [9.17, 15) is 14.0 Å². The third-order valence-electron chi connectivity index (χ3n) is 4.62. The number of ether oxygens (including phenoxy) is 1. The van der Waals surface area contributed by atoms with Crippen molar-refractivity contribution in [3.63, 3.8) is 0 Å². The number of benzene rings is 2. The first-order chi connectivity index (χ1) is 14.5. The van der Waals surface area contributed by atoms with Crippen molar-refractivity contribution in [2.45, 2.75) is 39.0 Å². The number of unbranched alkanes of at least 4 members (excludes halogenated alkanes) is 3. The lowest BCUT2D eigenvalue weighted by molar-refractivity contribution is -0.121. The Morgan fingerprint density at radius 3 is 2.53 bits per heavy atom. The number of nitrogens with one attached hydrogen (secondary N) is 2. The molecular formula is C23H30FN3O3. The third-order valence-corrected chi connectivity index (χ3v) is 4.62. The second-order valence-corrected chi connectivity index (χ2v) is 6.95. The number of nitrogens with zero attached hydrogens (tertiary/aromatic N) is 1. The van der Waals surface area contributed by atoms with E-state index in [1.807, 2.05) is 0 Å². The molecule has 2 aromatic carbocycles. The van der Waals surface area contributed by atoms with Crippen molar-refractivity contribution in [3.05, 3.63) is 54.3 Å². The molecule has 0 bridgehead atoms. The molecular weight excluding hydrogens is 385 g/mol. The van der Waals surface area contributed by atoms with Crippen molar-refractivity contribution in [3.8, 4) is 5.75 Å². The molecule has 0 saturated heterocycles. The van der Waals surface area contributed by atoms with Crippen LogP contribution in [0.25, 0.3) is 0 Å². The summed E-state index contributed by atoms with van der Waals surface area (Å²) in [6, 6.07) is 12.3. The van der Waals surface area contributed by atoms with Gasteiger partial charge in [0.05, 0.1) is 7.11 Å². The van der Waals surface area contributed by atoms with Crippen LogP contribution in [-0.2, 0) is 4.79 Å². The van der Waals surface area contributed by atoms with E-state index in [-0.39, 0.29) is 24.3 Å². The molecule has 3 amide bonds. The number of anilines is 2. The van der Waals surface area contributed by atoms with Crippen molar-refractivity contribution in [2.75, 3.05) is 30.4 Å². The predicted molar refractivity (Wildman–Crippen MR) is 118 cm³/mol. The summed E-state index contributed by atoms with van der Waals surface area (Å²) in [5.74, 6) is 0.210. The van der Waals surface area contributed by atoms with Crippen LogP contribution in [0.2, 0.25) is 0 Å². The molecule has 30 heavy (non-hydrogen) atoms. The second kappa shape index (κ2) is 12.5. The molecule has 0 atom stereocenters. The zero-order valence-corrected chi connectivity index (χ0v) is 17.6. The van der Waals surface area contributed by atoms with Crippen molar-refractivity contribution in [1.29, 1.82) is 0 Å². The number of amides is 3. The Kier molecular flexibility index (Phi) is 9.64. The fourth-order valence-corrected chi connectivity index (χ4v) is 2.97. The third kappa shape index (κ3) is 7.73. The van der Waals surface area contributed by atoms with Crippen LogP contribution >= 0.6 is 0 Å². The van der Waals surface area contributed by atoms with Gasteiger partial charge in [0.1, 0.15) is 11.6 Å². The van der Waals surface area contributed by atoms with E-state index in [2.05, 4.69) is 17.6 Å². The van der Waals surface area contributed by atoms with Gasteiger partial charge in [-0.2, -0.15) is 0 Å². The molecule has 0 saturated carbocycles. The highest BCUT2D eigenvalue weighted by Crippen LogP contribution is 2.20.